The van der Waals surface area contributed by atoms with E-state index in [0.717, 1.165) is 3.85 Å². The molecule has 2 atom stereocenters. The third-order valence-electron chi connectivity index (χ3n) is 4.33. The van der Waals surface area contributed by atoms with Crippen LogP contribution in [-0.2, 0) is 27.8 Å². The van der Waals surface area contributed by atoms with Gasteiger partial charge in [0.2, 0.25) is 15.9 Å². The minimum Gasteiger partial charge on any atom is -0.326 e. The topological polar surface area (TPSA) is 84.3 Å². The summed E-state index contributed by atoms with van der Waals surface area (Å²) >= 11 is 6.13. The van der Waals surface area contributed by atoms with Crippen molar-refractivity contribution in [1.29, 1.82) is 0 Å². The summed E-state index contributed by atoms with van der Waals surface area (Å²) in [7, 11) is 0.430. The summed E-state index contributed by atoms with van der Waals surface area (Å²) in [5, 5.41) is 8.26. The summed E-state index contributed by atoms with van der Waals surface area (Å²) in [5.41, 5.74) is 1.53. The highest BCUT2D eigenvalue weighted by molar-refractivity contribution is 7.95. The van der Waals surface area contributed by atoms with E-state index in [0.29, 0.717) is 39.6 Å². The Kier molecular flexibility index (Phi) is 7.16. The number of carbonyl (C=O) groups is 1. The van der Waals surface area contributed by atoms with Crippen LogP contribution in [0.15, 0.2) is 47.5 Å². The van der Waals surface area contributed by atoms with E-state index >= 15 is 0 Å². The molecule has 0 spiro atoms. The molecule has 7 nitrogen and oxygen atoms in total. The van der Waals surface area contributed by atoms with Gasteiger partial charge in [-0.2, -0.15) is 8.94 Å². The molecule has 3 aromatic rings. The third-order valence-corrected chi connectivity index (χ3v) is 7.82. The van der Waals surface area contributed by atoms with Gasteiger partial charge in [0.15, 0.2) is 0 Å². The van der Waals surface area contributed by atoms with Crippen LogP contribution >= 0.6 is 30.4 Å². The van der Waals surface area contributed by atoms with Gasteiger partial charge in [-0.15, -0.1) is 0 Å². The Morgan fingerprint density at radius 3 is 2.60 bits per heavy atom. The fraction of sp³-hybridized carbons (Fsp3) is 0.263. The van der Waals surface area contributed by atoms with Crippen LogP contribution in [0.4, 0.5) is 5.69 Å². The average Bonchev–Trinajstić information content (AvgIpc) is 3.04. The van der Waals surface area contributed by atoms with Crippen LogP contribution in [0, 0.1) is 5.92 Å². The van der Waals surface area contributed by atoms with E-state index in [-0.39, 0.29) is 17.2 Å². The van der Waals surface area contributed by atoms with Crippen molar-refractivity contribution in [3.63, 3.8) is 0 Å². The van der Waals surface area contributed by atoms with E-state index in [4.69, 9.17) is 11.6 Å². The molecule has 2 unspecified atom stereocenters. The quantitative estimate of drug-likeness (QED) is 0.512. The number of sulfonamides is 1. The predicted molar refractivity (Wildman–Crippen MR) is 127 cm³/mol. The lowest BCUT2D eigenvalue weighted by molar-refractivity contribution is -0.115. The van der Waals surface area contributed by atoms with Gasteiger partial charge in [-0.1, -0.05) is 43.6 Å². The van der Waals surface area contributed by atoms with E-state index in [9.17, 15) is 13.2 Å². The second-order valence-electron chi connectivity index (χ2n) is 7.30. The Morgan fingerprint density at radius 2 is 1.97 bits per heavy atom. The molecule has 1 aromatic heterocycles. The average molecular weight is 485 g/mol. The van der Waals surface area contributed by atoms with Gasteiger partial charge in [0.25, 0.3) is 0 Å². The Balaban J connectivity index is 2.00. The number of hydrogen-bond acceptors (Lipinski definition) is 4. The molecule has 0 fully saturated rings. The molecule has 0 radical (unpaired) electrons. The number of aromatic nitrogens is 2. The molecule has 0 aliphatic rings. The fourth-order valence-electron chi connectivity index (χ4n) is 3.03. The second-order valence-corrected chi connectivity index (χ2v) is 12.0. The highest BCUT2D eigenvalue weighted by Crippen LogP contribution is 2.32. The molecule has 0 bridgehead atoms. The molecule has 0 aliphatic heterocycles. The van der Waals surface area contributed by atoms with Crippen LogP contribution in [0.5, 0.6) is 0 Å². The lowest BCUT2D eigenvalue weighted by Gasteiger charge is -2.13. The zero-order valence-corrected chi connectivity index (χ0v) is 20.4. The van der Waals surface area contributed by atoms with Gasteiger partial charge in [0.05, 0.1) is 16.8 Å². The lowest BCUT2D eigenvalue weighted by Crippen LogP contribution is -2.16. The number of benzene rings is 2. The lowest BCUT2D eigenvalue weighted by atomic mass is 10.1. The standard InChI is InChI=1S/C19H23ClN4O3P2S/c1-12(2)10-23-11-15-17(22-23)8-14(9-18(15)30(26,27)24(28)29)21-19(25)7-13-5-3-4-6-16(13)20/h3-6,8-9,11-12H,7,10,28-29H2,1-2H3,(H,21,25). The zero-order chi connectivity index (χ0) is 22.1. The number of fused-ring (bicyclic) bond motifs is 1. The molecule has 160 valence electrons. The van der Waals surface area contributed by atoms with E-state index < -0.39 is 10.0 Å². The van der Waals surface area contributed by atoms with E-state index in [1.165, 1.54) is 6.07 Å². The number of nitrogens with zero attached hydrogens (tertiary/aromatic N) is 3. The number of amides is 1. The molecular formula is C19H23ClN4O3P2S. The summed E-state index contributed by atoms with van der Waals surface area (Å²) in [6.07, 6.45) is 1.79. The van der Waals surface area contributed by atoms with E-state index in [2.05, 4.69) is 43.0 Å². The predicted octanol–water partition coefficient (Wildman–Crippen LogP) is 4.10. The SMILES string of the molecule is CC(C)Cn1cc2c(S(=O)(=O)N(P)P)cc(NC(=O)Cc3ccccc3Cl)cc2n1. The first kappa shape index (κ1) is 23.1. The molecule has 1 amide bonds. The summed E-state index contributed by atoms with van der Waals surface area (Å²) in [6.45, 7) is 4.75. The fourth-order valence-corrected chi connectivity index (χ4v) is 4.85. The van der Waals surface area contributed by atoms with Crippen LogP contribution < -0.4 is 5.32 Å². The maximum Gasteiger partial charge on any atom is 0.249 e. The van der Waals surface area contributed by atoms with Crippen molar-refractivity contribution in [3.8, 4) is 0 Å². The van der Waals surface area contributed by atoms with E-state index in [1.807, 2.05) is 0 Å². The maximum absolute atomic E-state index is 12.9. The minimum absolute atomic E-state index is 0.0630. The number of anilines is 1. The summed E-state index contributed by atoms with van der Waals surface area (Å²) in [4.78, 5) is 12.6. The summed E-state index contributed by atoms with van der Waals surface area (Å²) in [6, 6.07) is 10.2. The normalized spacial score (nSPS) is 12.1. The van der Waals surface area contributed by atoms with Crippen molar-refractivity contribution in [2.45, 2.75) is 31.7 Å². The maximum atomic E-state index is 12.9. The molecule has 1 heterocycles. The van der Waals surface area contributed by atoms with Crippen molar-refractivity contribution in [3.05, 3.63) is 53.2 Å². The number of rotatable bonds is 7. The molecule has 2 aromatic carbocycles. The van der Waals surface area contributed by atoms with Crippen LogP contribution in [0.25, 0.3) is 10.9 Å². The van der Waals surface area contributed by atoms with Gasteiger partial charge in [0, 0.05) is 28.8 Å². The Hall–Kier alpha value is -1.56. The first-order valence-electron chi connectivity index (χ1n) is 9.17. The highest BCUT2D eigenvalue weighted by Gasteiger charge is 2.24. The number of halogens is 1. The van der Waals surface area contributed by atoms with E-state index in [1.54, 1.807) is 41.2 Å². The first-order chi connectivity index (χ1) is 14.1. The minimum atomic E-state index is -3.81. The molecular weight excluding hydrogens is 462 g/mol. The third kappa shape index (κ3) is 5.19. The first-order valence-corrected chi connectivity index (χ1v) is 12.0. The zero-order valence-electron chi connectivity index (χ0n) is 16.5. The van der Waals surface area contributed by atoms with Gasteiger partial charge in [-0.25, -0.2) is 8.42 Å². The second kappa shape index (κ2) is 9.29. The van der Waals surface area contributed by atoms with Gasteiger partial charge in [-0.05, 0) is 48.5 Å². The smallest absolute Gasteiger partial charge is 0.249 e. The Bertz CT molecular complexity index is 1200. The van der Waals surface area contributed by atoms with Crippen molar-refractivity contribution in [2.24, 2.45) is 5.92 Å². The van der Waals surface area contributed by atoms with Crippen molar-refractivity contribution in [1.82, 2.24) is 13.6 Å². The van der Waals surface area contributed by atoms with Crippen LogP contribution in [0.1, 0.15) is 19.4 Å². The molecule has 11 heteroatoms. The molecule has 3 rings (SSSR count). The van der Waals surface area contributed by atoms with Gasteiger partial charge in [0.1, 0.15) is 0 Å². The Morgan fingerprint density at radius 1 is 1.27 bits per heavy atom. The summed E-state index contributed by atoms with van der Waals surface area (Å²) in [5.74, 6) is 0.0372. The Labute approximate surface area is 185 Å². The van der Waals surface area contributed by atoms with Gasteiger partial charge in [-0.3, -0.25) is 9.48 Å². The van der Waals surface area contributed by atoms with Crippen LogP contribution in [0.2, 0.25) is 5.02 Å². The van der Waals surface area contributed by atoms with Crippen LogP contribution in [0.3, 0.4) is 0 Å². The van der Waals surface area contributed by atoms with Crippen molar-refractivity contribution >= 4 is 62.9 Å². The summed E-state index contributed by atoms with van der Waals surface area (Å²) < 4.78 is 28.4. The molecule has 1 N–H and O–H groups in total. The number of carbonyl (C=O) groups excluding carboxylic acids is 1. The number of nitrogens with one attached hydrogen (secondary N) is 1. The van der Waals surface area contributed by atoms with Gasteiger partial charge >= 0.3 is 0 Å². The number of hydrogen-bond donors (Lipinski definition) is 1. The van der Waals surface area contributed by atoms with Crippen molar-refractivity contribution in [2.75, 3.05) is 5.32 Å². The molecule has 0 saturated heterocycles. The van der Waals surface area contributed by atoms with Gasteiger partial charge < -0.3 is 5.32 Å². The van der Waals surface area contributed by atoms with Crippen LogP contribution in [-0.4, -0.2) is 28.0 Å². The molecule has 0 aliphatic carbocycles. The molecule has 30 heavy (non-hydrogen) atoms. The molecule has 0 saturated carbocycles. The van der Waals surface area contributed by atoms with Crippen molar-refractivity contribution < 1.29 is 13.2 Å². The monoisotopic (exact) mass is 484 g/mol. The highest BCUT2D eigenvalue weighted by atomic mass is 35.5. The largest absolute Gasteiger partial charge is 0.326 e.